The SMILES string of the molecule is COc1ccc([C@H]2N(C(C)=O)c3ccccc3-c3c(=O)[nH]c(SC)n[n+]32)cc1Br. The second-order valence-electron chi connectivity index (χ2n) is 6.43. The van der Waals surface area contributed by atoms with Crippen LogP contribution in [-0.4, -0.2) is 29.4 Å². The Bertz CT molecular complexity index is 1180. The van der Waals surface area contributed by atoms with E-state index in [2.05, 4.69) is 26.0 Å². The van der Waals surface area contributed by atoms with Crippen molar-refractivity contribution >= 4 is 39.3 Å². The Morgan fingerprint density at radius 2 is 2.07 bits per heavy atom. The molecule has 1 amide bonds. The second kappa shape index (κ2) is 7.64. The fraction of sp³-hybridized carbons (Fsp3) is 0.200. The molecule has 1 N–H and O–H groups in total. The van der Waals surface area contributed by atoms with Crippen LogP contribution >= 0.6 is 27.7 Å². The summed E-state index contributed by atoms with van der Waals surface area (Å²) in [6.45, 7) is 1.51. The Balaban J connectivity index is 2.06. The first-order valence-corrected chi connectivity index (χ1v) is 10.8. The Morgan fingerprint density at radius 1 is 1.31 bits per heavy atom. The summed E-state index contributed by atoms with van der Waals surface area (Å²) in [6.07, 6.45) is 1.22. The van der Waals surface area contributed by atoms with E-state index >= 15 is 0 Å². The molecule has 0 saturated heterocycles. The molecule has 2 heterocycles. The number of carbonyl (C=O) groups excluding carboxylic acids is 1. The number of benzene rings is 2. The van der Waals surface area contributed by atoms with Crippen molar-refractivity contribution in [2.45, 2.75) is 18.2 Å². The molecule has 7 nitrogen and oxygen atoms in total. The van der Waals surface area contributed by atoms with Crippen LogP contribution in [0.1, 0.15) is 18.7 Å². The van der Waals surface area contributed by atoms with Gasteiger partial charge in [-0.05, 0) is 57.2 Å². The molecule has 0 spiro atoms. The molecule has 148 valence electrons. The van der Waals surface area contributed by atoms with Crippen molar-refractivity contribution in [2.75, 3.05) is 18.3 Å². The number of carbonyl (C=O) groups is 1. The number of ether oxygens (including phenoxy) is 1. The Labute approximate surface area is 179 Å². The molecule has 1 aliphatic heterocycles. The highest BCUT2D eigenvalue weighted by Crippen LogP contribution is 2.38. The summed E-state index contributed by atoms with van der Waals surface area (Å²) < 4.78 is 7.71. The number of hydrogen-bond donors (Lipinski definition) is 1. The lowest BCUT2D eigenvalue weighted by Gasteiger charge is -2.31. The highest BCUT2D eigenvalue weighted by Gasteiger charge is 2.44. The van der Waals surface area contributed by atoms with E-state index in [1.807, 2.05) is 48.7 Å². The third-order valence-electron chi connectivity index (χ3n) is 4.76. The maximum atomic E-state index is 13.0. The quantitative estimate of drug-likeness (QED) is 0.466. The van der Waals surface area contributed by atoms with Crippen LogP contribution in [0.25, 0.3) is 11.3 Å². The number of anilines is 1. The van der Waals surface area contributed by atoms with Gasteiger partial charge in [-0.2, -0.15) is 0 Å². The van der Waals surface area contributed by atoms with Crippen LogP contribution in [0.2, 0.25) is 0 Å². The van der Waals surface area contributed by atoms with E-state index in [0.717, 1.165) is 10.0 Å². The van der Waals surface area contributed by atoms with Crippen molar-refractivity contribution in [2.24, 2.45) is 0 Å². The van der Waals surface area contributed by atoms with E-state index in [4.69, 9.17) is 4.74 Å². The smallest absolute Gasteiger partial charge is 0.325 e. The van der Waals surface area contributed by atoms with Gasteiger partial charge in [0.1, 0.15) is 5.75 Å². The maximum Gasteiger partial charge on any atom is 0.325 e. The van der Waals surface area contributed by atoms with Gasteiger partial charge >= 0.3 is 11.3 Å². The van der Waals surface area contributed by atoms with Crippen LogP contribution in [-0.2, 0) is 4.79 Å². The van der Waals surface area contributed by atoms with Crippen molar-refractivity contribution in [1.29, 1.82) is 0 Å². The number of aromatic amines is 1. The second-order valence-corrected chi connectivity index (χ2v) is 8.08. The number of aromatic nitrogens is 3. The van der Waals surface area contributed by atoms with Crippen molar-refractivity contribution in [3.8, 4) is 17.0 Å². The number of nitrogens with one attached hydrogen (secondary N) is 1. The summed E-state index contributed by atoms with van der Waals surface area (Å²) in [4.78, 5) is 30.2. The topological polar surface area (TPSA) is 79.2 Å². The third-order valence-corrected chi connectivity index (χ3v) is 5.95. The van der Waals surface area contributed by atoms with Crippen molar-refractivity contribution in [1.82, 2.24) is 10.1 Å². The zero-order valence-corrected chi connectivity index (χ0v) is 18.4. The lowest BCUT2D eigenvalue weighted by atomic mass is 10.0. The average molecular weight is 474 g/mol. The molecule has 1 aliphatic rings. The maximum absolute atomic E-state index is 13.0. The normalized spacial score (nSPS) is 14.9. The number of methoxy groups -OCH3 is 1. The van der Waals surface area contributed by atoms with Gasteiger partial charge in [-0.25, -0.2) is 4.90 Å². The number of fused-ring (bicyclic) bond motifs is 3. The van der Waals surface area contributed by atoms with Gasteiger partial charge in [0.25, 0.3) is 6.17 Å². The highest BCUT2D eigenvalue weighted by molar-refractivity contribution is 9.10. The Hall–Kier alpha value is -2.65. The van der Waals surface area contributed by atoms with Gasteiger partial charge < -0.3 is 4.74 Å². The predicted molar refractivity (Wildman–Crippen MR) is 114 cm³/mol. The van der Waals surface area contributed by atoms with Gasteiger partial charge in [0.15, 0.2) is 0 Å². The molecular formula is C20H18BrN4O3S+. The van der Waals surface area contributed by atoms with Crippen LogP contribution in [0.5, 0.6) is 5.75 Å². The summed E-state index contributed by atoms with van der Waals surface area (Å²) in [5.41, 5.74) is 2.28. The molecular weight excluding hydrogens is 456 g/mol. The molecule has 0 fully saturated rings. The van der Waals surface area contributed by atoms with Gasteiger partial charge in [0.05, 0.1) is 22.8 Å². The van der Waals surface area contributed by atoms with Crippen molar-refractivity contribution in [3.63, 3.8) is 0 Å². The number of para-hydroxylation sites is 1. The molecule has 0 bridgehead atoms. The third kappa shape index (κ3) is 3.24. The first-order chi connectivity index (χ1) is 14.0. The molecule has 0 unspecified atom stereocenters. The minimum absolute atomic E-state index is 0.152. The first kappa shape index (κ1) is 19.7. The summed E-state index contributed by atoms with van der Waals surface area (Å²) >= 11 is 4.85. The zero-order chi connectivity index (χ0) is 20.7. The lowest BCUT2D eigenvalue weighted by Crippen LogP contribution is -2.60. The van der Waals surface area contributed by atoms with Crippen LogP contribution in [0.4, 0.5) is 5.69 Å². The van der Waals surface area contributed by atoms with Gasteiger partial charge in [-0.3, -0.25) is 14.6 Å². The van der Waals surface area contributed by atoms with Gasteiger partial charge in [0.2, 0.25) is 11.1 Å². The standard InChI is InChI=1S/C20H17BrN4O3S/c1-11(26)24-15-7-5-4-6-13(15)17-18(27)22-20(29-3)23-25(17)19(24)12-8-9-16(28-2)14(21)10-12/h4-10,19H,1-3H3/p+1/t19-/m0/s1. The molecule has 2 aromatic carbocycles. The first-order valence-electron chi connectivity index (χ1n) is 8.79. The largest absolute Gasteiger partial charge is 0.496 e. The van der Waals surface area contributed by atoms with Crippen LogP contribution < -0.4 is 19.9 Å². The molecule has 29 heavy (non-hydrogen) atoms. The molecule has 4 rings (SSSR count). The molecule has 1 aromatic heterocycles. The van der Waals surface area contributed by atoms with Gasteiger partial charge in [-0.15, -0.1) is 0 Å². The monoisotopic (exact) mass is 473 g/mol. The molecule has 9 heteroatoms. The molecule has 0 radical (unpaired) electrons. The number of hydrogen-bond acceptors (Lipinski definition) is 5. The van der Waals surface area contributed by atoms with Crippen molar-refractivity contribution in [3.05, 3.63) is 62.9 Å². The van der Waals surface area contributed by atoms with Crippen LogP contribution in [0.3, 0.4) is 0 Å². The fourth-order valence-corrected chi connectivity index (χ4v) is 4.47. The van der Waals surface area contributed by atoms with E-state index in [0.29, 0.717) is 27.9 Å². The van der Waals surface area contributed by atoms with Crippen molar-refractivity contribution < 1.29 is 14.2 Å². The van der Waals surface area contributed by atoms with E-state index in [-0.39, 0.29) is 11.5 Å². The average Bonchev–Trinajstić information content (AvgIpc) is 2.71. The number of halogens is 1. The molecule has 0 aliphatic carbocycles. The van der Waals surface area contributed by atoms with Crippen LogP contribution in [0.15, 0.2) is 56.9 Å². The predicted octanol–water partition coefficient (Wildman–Crippen LogP) is 3.13. The molecule has 0 saturated carbocycles. The number of H-pyrrole nitrogens is 1. The molecule has 3 aromatic rings. The van der Waals surface area contributed by atoms with Crippen LogP contribution in [0, 0.1) is 0 Å². The summed E-state index contributed by atoms with van der Waals surface area (Å²) in [5.74, 6) is 0.522. The summed E-state index contributed by atoms with van der Waals surface area (Å²) in [6, 6.07) is 12.9. The van der Waals surface area contributed by atoms with E-state index in [9.17, 15) is 9.59 Å². The zero-order valence-electron chi connectivity index (χ0n) is 16.0. The Kier molecular flexibility index (Phi) is 5.18. The minimum atomic E-state index is -0.618. The number of thioether (sulfide) groups is 1. The van der Waals surface area contributed by atoms with Gasteiger partial charge in [0, 0.05) is 17.6 Å². The summed E-state index contributed by atoms with van der Waals surface area (Å²) in [5, 5.41) is 5.11. The number of nitrogens with zero attached hydrogens (tertiary/aromatic N) is 3. The van der Waals surface area contributed by atoms with E-state index in [1.165, 1.54) is 18.7 Å². The van der Waals surface area contributed by atoms with E-state index < -0.39 is 6.17 Å². The fourth-order valence-electron chi connectivity index (χ4n) is 3.55. The highest BCUT2D eigenvalue weighted by atomic mass is 79.9. The number of rotatable bonds is 3. The molecule has 1 atom stereocenters. The summed E-state index contributed by atoms with van der Waals surface area (Å²) in [7, 11) is 1.59. The van der Waals surface area contributed by atoms with Gasteiger partial charge in [-0.1, -0.05) is 23.9 Å². The number of amides is 1. The van der Waals surface area contributed by atoms with E-state index in [1.54, 1.807) is 16.7 Å². The minimum Gasteiger partial charge on any atom is -0.496 e. The Morgan fingerprint density at radius 3 is 2.72 bits per heavy atom. The lowest BCUT2D eigenvalue weighted by molar-refractivity contribution is -0.763.